The number of carbonyl (C=O) groups is 2. The second-order valence-corrected chi connectivity index (χ2v) is 6.62. The highest BCUT2D eigenvalue weighted by Gasteiger charge is 2.39. The van der Waals surface area contributed by atoms with Gasteiger partial charge in [0, 0.05) is 5.92 Å². The maximum absolute atomic E-state index is 12.9. The van der Waals surface area contributed by atoms with Crippen LogP contribution in [0.15, 0.2) is 54.6 Å². The quantitative estimate of drug-likeness (QED) is 0.559. The Balaban J connectivity index is 2.04. The van der Waals surface area contributed by atoms with Crippen molar-refractivity contribution in [1.29, 1.82) is 0 Å². The molecular formula is C23H24O5. The van der Waals surface area contributed by atoms with E-state index in [-0.39, 0.29) is 18.3 Å². The number of esters is 1. The van der Waals surface area contributed by atoms with Crippen molar-refractivity contribution in [3.8, 4) is 11.5 Å². The minimum absolute atomic E-state index is 0.236. The van der Waals surface area contributed by atoms with Crippen molar-refractivity contribution in [2.75, 3.05) is 20.8 Å². The first-order valence-electron chi connectivity index (χ1n) is 9.26. The van der Waals surface area contributed by atoms with Crippen LogP contribution in [0, 0.1) is 5.92 Å². The molecule has 0 radical (unpaired) electrons. The Kier molecular flexibility index (Phi) is 6.14. The molecule has 0 saturated heterocycles. The van der Waals surface area contributed by atoms with E-state index in [9.17, 15) is 9.59 Å². The lowest BCUT2D eigenvalue weighted by atomic mass is 9.73. The van der Waals surface area contributed by atoms with Crippen LogP contribution in [-0.2, 0) is 14.3 Å². The van der Waals surface area contributed by atoms with Crippen molar-refractivity contribution in [1.82, 2.24) is 0 Å². The van der Waals surface area contributed by atoms with Crippen molar-refractivity contribution in [3.63, 3.8) is 0 Å². The Labute approximate surface area is 164 Å². The molecule has 0 fully saturated rings. The summed E-state index contributed by atoms with van der Waals surface area (Å²) in [6, 6.07) is 15.1. The number of ketones is 1. The lowest BCUT2D eigenvalue weighted by Gasteiger charge is -2.29. The summed E-state index contributed by atoms with van der Waals surface area (Å²) in [6.45, 7) is 1.98. The van der Waals surface area contributed by atoms with E-state index >= 15 is 0 Å². The minimum atomic E-state index is -0.860. The summed E-state index contributed by atoms with van der Waals surface area (Å²) in [5.74, 6) is -0.507. The van der Waals surface area contributed by atoms with Gasteiger partial charge in [0.25, 0.3) is 0 Å². The van der Waals surface area contributed by atoms with Gasteiger partial charge in [0.2, 0.25) is 0 Å². The molecule has 2 aromatic rings. The van der Waals surface area contributed by atoms with Gasteiger partial charge in [-0.2, -0.15) is 0 Å². The standard InChI is InChI=1S/C23H24O5/c1-4-28-23(25)22-20(16-8-6-10-19(12-16)27-3)13-17(14-21(22)24)15-7-5-9-18(11-15)26-2/h5-12,14,20,22H,4,13H2,1-3H3/t20-,22+/m1/s1. The summed E-state index contributed by atoms with van der Waals surface area (Å²) in [5, 5.41) is 0. The highest BCUT2D eigenvalue weighted by atomic mass is 16.5. The molecule has 5 heteroatoms. The normalized spacial score (nSPS) is 19.0. The average Bonchev–Trinajstić information content (AvgIpc) is 2.73. The first-order chi connectivity index (χ1) is 13.6. The van der Waals surface area contributed by atoms with Gasteiger partial charge in [-0.3, -0.25) is 9.59 Å². The number of methoxy groups -OCH3 is 2. The van der Waals surface area contributed by atoms with Crippen molar-refractivity contribution in [3.05, 3.63) is 65.7 Å². The van der Waals surface area contributed by atoms with Gasteiger partial charge in [-0.1, -0.05) is 24.3 Å². The molecule has 3 rings (SSSR count). The highest BCUT2D eigenvalue weighted by molar-refractivity contribution is 6.10. The van der Waals surface area contributed by atoms with E-state index < -0.39 is 11.9 Å². The fourth-order valence-corrected chi connectivity index (χ4v) is 3.59. The van der Waals surface area contributed by atoms with Crippen LogP contribution in [0.25, 0.3) is 5.57 Å². The largest absolute Gasteiger partial charge is 0.497 e. The number of hydrogen-bond acceptors (Lipinski definition) is 5. The molecular weight excluding hydrogens is 356 g/mol. The monoisotopic (exact) mass is 380 g/mol. The Morgan fingerprint density at radius 2 is 1.71 bits per heavy atom. The molecule has 0 bridgehead atoms. The van der Waals surface area contributed by atoms with E-state index in [0.29, 0.717) is 12.2 Å². The molecule has 0 spiro atoms. The topological polar surface area (TPSA) is 61.8 Å². The minimum Gasteiger partial charge on any atom is -0.497 e. The van der Waals surface area contributed by atoms with E-state index in [4.69, 9.17) is 14.2 Å². The number of benzene rings is 2. The Morgan fingerprint density at radius 3 is 2.39 bits per heavy atom. The van der Waals surface area contributed by atoms with Gasteiger partial charge in [-0.25, -0.2) is 0 Å². The zero-order valence-corrected chi connectivity index (χ0v) is 16.3. The SMILES string of the molecule is CCOC(=O)[C@@H]1C(=O)C=C(c2cccc(OC)c2)C[C@@H]1c1cccc(OC)c1. The van der Waals surface area contributed by atoms with Crippen LogP contribution in [-0.4, -0.2) is 32.6 Å². The lowest BCUT2D eigenvalue weighted by molar-refractivity contribution is -0.151. The highest BCUT2D eigenvalue weighted by Crippen LogP contribution is 2.41. The van der Waals surface area contributed by atoms with Gasteiger partial charge in [0.15, 0.2) is 5.78 Å². The van der Waals surface area contributed by atoms with Crippen LogP contribution in [0.4, 0.5) is 0 Å². The first-order valence-corrected chi connectivity index (χ1v) is 9.26. The van der Waals surface area contributed by atoms with Crippen LogP contribution >= 0.6 is 0 Å². The molecule has 1 aliphatic carbocycles. The predicted molar refractivity (Wildman–Crippen MR) is 106 cm³/mol. The lowest BCUT2D eigenvalue weighted by Crippen LogP contribution is -2.34. The van der Waals surface area contributed by atoms with Crippen molar-refractivity contribution < 1.29 is 23.8 Å². The second kappa shape index (κ2) is 8.74. The second-order valence-electron chi connectivity index (χ2n) is 6.62. The van der Waals surface area contributed by atoms with E-state index in [2.05, 4.69) is 0 Å². The molecule has 0 N–H and O–H groups in total. The molecule has 0 unspecified atom stereocenters. The number of rotatable bonds is 6. The summed E-state index contributed by atoms with van der Waals surface area (Å²) >= 11 is 0. The Bertz CT molecular complexity index is 899. The van der Waals surface area contributed by atoms with Crippen LogP contribution in [0.3, 0.4) is 0 Å². The third-order valence-corrected chi connectivity index (χ3v) is 4.97. The molecule has 1 aliphatic rings. The zero-order chi connectivity index (χ0) is 20.1. The third kappa shape index (κ3) is 4.09. The van der Waals surface area contributed by atoms with Gasteiger partial charge in [-0.05, 0) is 60.4 Å². The zero-order valence-electron chi connectivity index (χ0n) is 16.3. The Morgan fingerprint density at radius 1 is 1.04 bits per heavy atom. The smallest absolute Gasteiger partial charge is 0.317 e. The van der Waals surface area contributed by atoms with E-state index in [1.165, 1.54) is 0 Å². The molecule has 146 valence electrons. The van der Waals surface area contributed by atoms with E-state index in [0.717, 1.165) is 22.4 Å². The number of hydrogen-bond donors (Lipinski definition) is 0. The van der Waals surface area contributed by atoms with Gasteiger partial charge in [-0.15, -0.1) is 0 Å². The fourth-order valence-electron chi connectivity index (χ4n) is 3.59. The Hall–Kier alpha value is -3.08. The van der Waals surface area contributed by atoms with Gasteiger partial charge in [0.1, 0.15) is 17.4 Å². The molecule has 2 atom stereocenters. The average molecular weight is 380 g/mol. The molecule has 0 saturated carbocycles. The maximum Gasteiger partial charge on any atom is 0.317 e. The van der Waals surface area contributed by atoms with E-state index in [1.807, 2.05) is 48.5 Å². The fraction of sp³-hybridized carbons (Fsp3) is 0.304. The number of ether oxygens (including phenoxy) is 3. The molecule has 2 aromatic carbocycles. The maximum atomic E-state index is 12.9. The van der Waals surface area contributed by atoms with Crippen LogP contribution in [0.5, 0.6) is 11.5 Å². The molecule has 0 heterocycles. The van der Waals surface area contributed by atoms with Crippen LogP contribution < -0.4 is 9.47 Å². The third-order valence-electron chi connectivity index (χ3n) is 4.97. The summed E-state index contributed by atoms with van der Waals surface area (Å²) < 4.78 is 15.8. The van der Waals surface area contributed by atoms with Crippen LogP contribution in [0.2, 0.25) is 0 Å². The van der Waals surface area contributed by atoms with Crippen molar-refractivity contribution >= 4 is 17.3 Å². The van der Waals surface area contributed by atoms with Crippen molar-refractivity contribution in [2.45, 2.75) is 19.3 Å². The molecule has 0 amide bonds. The number of allylic oxidation sites excluding steroid dienone is 2. The summed E-state index contributed by atoms with van der Waals surface area (Å²) in [4.78, 5) is 25.5. The van der Waals surface area contributed by atoms with Crippen LogP contribution in [0.1, 0.15) is 30.4 Å². The van der Waals surface area contributed by atoms with E-state index in [1.54, 1.807) is 27.2 Å². The van der Waals surface area contributed by atoms with Gasteiger partial charge < -0.3 is 14.2 Å². The molecule has 0 aromatic heterocycles. The van der Waals surface area contributed by atoms with Gasteiger partial charge >= 0.3 is 5.97 Å². The summed E-state index contributed by atoms with van der Waals surface area (Å²) in [5.41, 5.74) is 2.65. The van der Waals surface area contributed by atoms with Gasteiger partial charge in [0.05, 0.1) is 20.8 Å². The van der Waals surface area contributed by atoms with Crippen molar-refractivity contribution in [2.24, 2.45) is 5.92 Å². The summed E-state index contributed by atoms with van der Waals surface area (Å²) in [7, 11) is 3.20. The predicted octanol–water partition coefficient (Wildman–Crippen LogP) is 4.02. The molecule has 5 nitrogen and oxygen atoms in total. The number of carbonyl (C=O) groups excluding carboxylic acids is 2. The first kappa shape index (κ1) is 19.7. The molecule has 28 heavy (non-hydrogen) atoms. The summed E-state index contributed by atoms with van der Waals surface area (Å²) in [6.07, 6.45) is 2.10. The molecule has 0 aliphatic heterocycles.